The van der Waals surface area contributed by atoms with Gasteiger partial charge in [-0.2, -0.15) is 0 Å². The van der Waals surface area contributed by atoms with Crippen molar-refractivity contribution in [2.45, 2.75) is 0 Å². The van der Waals surface area contributed by atoms with Crippen molar-refractivity contribution in [1.29, 1.82) is 0 Å². The highest BCUT2D eigenvalue weighted by Gasteiger charge is 2.10. The van der Waals surface area contributed by atoms with E-state index in [1.165, 1.54) is 0 Å². The molecule has 1 rings (SSSR count). The van der Waals surface area contributed by atoms with Crippen LogP contribution in [0.3, 0.4) is 0 Å². The van der Waals surface area contributed by atoms with E-state index >= 15 is 0 Å². The molecule has 0 bridgehead atoms. The van der Waals surface area contributed by atoms with E-state index in [9.17, 15) is 19.2 Å². The third kappa shape index (κ3) is 9.97. The molecular weight excluding hydrogens is 448 g/mol. The van der Waals surface area contributed by atoms with Gasteiger partial charge < -0.3 is 20.4 Å². The molecule has 1 aromatic rings. The van der Waals surface area contributed by atoms with E-state index in [2.05, 4.69) is 0 Å². The molecule has 152 valence electrons. The van der Waals surface area contributed by atoms with Crippen LogP contribution in [0.4, 0.5) is 0 Å². The molecule has 28 heavy (non-hydrogen) atoms. The van der Waals surface area contributed by atoms with Crippen molar-refractivity contribution < 1.29 is 39.6 Å². The second-order valence-electron chi connectivity index (χ2n) is 4.88. The summed E-state index contributed by atoms with van der Waals surface area (Å²) in [6.45, 7) is 0. The first-order chi connectivity index (χ1) is 13.2. The zero-order valence-electron chi connectivity index (χ0n) is 14.2. The maximum atomic E-state index is 10.8. The number of benzene rings is 1. The van der Waals surface area contributed by atoms with Gasteiger partial charge in [-0.1, -0.05) is 24.3 Å². The summed E-state index contributed by atoms with van der Waals surface area (Å²) in [5, 5.41) is 36.7. The third-order valence-electron chi connectivity index (χ3n) is 2.66. The quantitative estimate of drug-likeness (QED) is 0.351. The van der Waals surface area contributed by atoms with E-state index in [-0.39, 0.29) is 23.0 Å². The maximum Gasteiger partial charge on any atom is 0.313 e. The molecule has 1 aromatic carbocycles. The van der Waals surface area contributed by atoms with E-state index in [1.807, 2.05) is 0 Å². The zero-order valence-corrected chi connectivity index (χ0v) is 17.5. The lowest BCUT2D eigenvalue weighted by molar-refractivity contribution is -0.134. The average Bonchev–Trinajstić information content (AvgIpc) is 2.61. The van der Waals surface area contributed by atoms with Crippen LogP contribution in [0.2, 0.25) is 0 Å². The van der Waals surface area contributed by atoms with Crippen LogP contribution in [0.15, 0.2) is 24.3 Å². The van der Waals surface area contributed by atoms with E-state index in [4.69, 9.17) is 20.4 Å². The summed E-state index contributed by atoms with van der Waals surface area (Å²) >= 11 is 4.05. The largest absolute Gasteiger partial charge is 0.481 e. The van der Waals surface area contributed by atoms with E-state index in [1.54, 1.807) is 24.3 Å². The monoisotopic (exact) mass is 464 g/mol. The minimum Gasteiger partial charge on any atom is -0.481 e. The fourth-order valence-electron chi connectivity index (χ4n) is 1.67. The van der Waals surface area contributed by atoms with Crippen LogP contribution in [-0.4, -0.2) is 67.3 Å². The molecule has 0 unspecified atom stereocenters. The lowest BCUT2D eigenvalue weighted by atomic mass is 10.3. The van der Waals surface area contributed by atoms with Gasteiger partial charge in [-0.25, -0.2) is 0 Å². The maximum absolute atomic E-state index is 10.8. The molecule has 0 amide bonds. The van der Waals surface area contributed by atoms with Crippen molar-refractivity contribution in [3.05, 3.63) is 34.7 Å². The van der Waals surface area contributed by atoms with Gasteiger partial charge in [0.05, 0.1) is 23.0 Å². The van der Waals surface area contributed by atoms with Crippen LogP contribution in [0.25, 0.3) is 8.47 Å². The van der Waals surface area contributed by atoms with Crippen molar-refractivity contribution >= 4 is 79.4 Å². The number of carboxylic acid groups (broad SMARTS) is 4. The molecule has 0 saturated carbocycles. The third-order valence-corrected chi connectivity index (χ3v) is 7.63. The number of aliphatic carboxylic acids is 4. The number of carbonyl (C=O) groups is 4. The van der Waals surface area contributed by atoms with E-state index in [0.29, 0.717) is 18.9 Å². The average molecular weight is 465 g/mol. The van der Waals surface area contributed by atoms with Gasteiger partial charge >= 0.3 is 23.9 Å². The van der Waals surface area contributed by atoms with Gasteiger partial charge in [0, 0.05) is 8.47 Å². The van der Waals surface area contributed by atoms with Crippen LogP contribution in [0.5, 0.6) is 0 Å². The van der Waals surface area contributed by atoms with Gasteiger partial charge in [0.2, 0.25) is 0 Å². The number of hydrogen-bond donors (Lipinski definition) is 4. The fraction of sp³-hybridized carbons (Fsp3) is 0.250. The van der Waals surface area contributed by atoms with Crippen molar-refractivity contribution in [3.8, 4) is 0 Å². The molecular formula is C16H16O8S4. The van der Waals surface area contributed by atoms with Gasteiger partial charge in [0.1, 0.15) is 0 Å². The summed E-state index contributed by atoms with van der Waals surface area (Å²) in [5.74, 6) is -4.98. The first-order valence-corrected chi connectivity index (χ1v) is 11.4. The normalized spacial score (nSPS) is 10.3. The van der Waals surface area contributed by atoms with Crippen molar-refractivity contribution in [2.75, 3.05) is 23.0 Å². The molecule has 0 aromatic heterocycles. The van der Waals surface area contributed by atoms with Gasteiger partial charge in [0.15, 0.2) is 0 Å². The summed E-state index contributed by atoms with van der Waals surface area (Å²) in [6, 6.07) is 6.65. The number of hydrogen-bond acceptors (Lipinski definition) is 8. The summed E-state index contributed by atoms with van der Waals surface area (Å²) in [5.41, 5.74) is 0. The van der Waals surface area contributed by atoms with E-state index in [0.717, 1.165) is 47.0 Å². The lowest BCUT2D eigenvalue weighted by Crippen LogP contribution is -2.13. The topological polar surface area (TPSA) is 149 Å². The van der Waals surface area contributed by atoms with Crippen molar-refractivity contribution in [1.82, 2.24) is 0 Å². The Kier molecular flexibility index (Phi) is 11.0. The molecule has 0 radical (unpaired) electrons. The summed E-state index contributed by atoms with van der Waals surface area (Å²) in [7, 11) is 0. The minimum absolute atomic E-state index is 0.218. The fourth-order valence-corrected chi connectivity index (χ4v) is 5.27. The minimum atomic E-state index is -1.03. The smallest absolute Gasteiger partial charge is 0.313 e. The predicted octanol–water partition coefficient (Wildman–Crippen LogP) is 1.09. The Bertz CT molecular complexity index is 733. The second kappa shape index (κ2) is 12.6. The Hall–Kier alpha value is -1.76. The molecule has 0 spiro atoms. The zero-order chi connectivity index (χ0) is 21.1. The molecule has 0 aliphatic rings. The highest BCUT2D eigenvalue weighted by molar-refractivity contribution is 8.30. The molecule has 4 N–H and O–H groups in total. The van der Waals surface area contributed by atoms with Gasteiger partial charge in [0.25, 0.3) is 0 Å². The number of carboxylic acids is 4. The van der Waals surface area contributed by atoms with Crippen LogP contribution in [0.1, 0.15) is 0 Å². The van der Waals surface area contributed by atoms with Crippen LogP contribution < -0.4 is 10.4 Å². The van der Waals surface area contributed by atoms with Crippen molar-refractivity contribution in [2.24, 2.45) is 0 Å². The molecule has 0 heterocycles. The Morgan fingerprint density at radius 1 is 0.536 bits per heavy atom. The SMILES string of the molecule is O=C(O)CSC(SCC(=O)O)=c1ccc(=C(SCC(=O)O)SCC(=O)O)cc1. The molecule has 0 aliphatic heterocycles. The Labute approximate surface area is 176 Å². The Morgan fingerprint density at radius 3 is 0.929 bits per heavy atom. The summed E-state index contributed by atoms with van der Waals surface area (Å²) in [6.07, 6.45) is 0. The van der Waals surface area contributed by atoms with Gasteiger partial charge in [-0.05, 0) is 10.4 Å². The molecule has 0 atom stereocenters. The molecule has 0 fully saturated rings. The Morgan fingerprint density at radius 2 is 0.750 bits per heavy atom. The summed E-state index contributed by atoms with van der Waals surface area (Å²) < 4.78 is 1.07. The van der Waals surface area contributed by atoms with Crippen LogP contribution in [0, 0.1) is 0 Å². The van der Waals surface area contributed by atoms with Crippen LogP contribution >= 0.6 is 47.0 Å². The summed E-state index contributed by atoms with van der Waals surface area (Å²) in [4.78, 5) is 43.2. The van der Waals surface area contributed by atoms with Gasteiger partial charge in [-0.15, -0.1) is 47.0 Å². The first-order valence-electron chi connectivity index (χ1n) is 7.42. The molecule has 0 aliphatic carbocycles. The Balaban J connectivity index is 3.25. The van der Waals surface area contributed by atoms with Crippen molar-refractivity contribution in [3.63, 3.8) is 0 Å². The predicted molar refractivity (Wildman–Crippen MR) is 113 cm³/mol. The standard InChI is InChI=1S/C16H16O8S4/c17-11(18)5-25-15(26-6-12(19)20)9-1-2-10(4-3-9)16(27-7-13(21)22)28-8-14(23)24/h1-4H,5-8H2,(H,17,18)(H,19,20)(H,21,22)(H,23,24). The van der Waals surface area contributed by atoms with Crippen LogP contribution in [-0.2, 0) is 19.2 Å². The number of rotatable bonds is 12. The second-order valence-corrected chi connectivity index (χ2v) is 9.34. The number of thioether (sulfide) groups is 4. The highest BCUT2D eigenvalue weighted by atomic mass is 32.2. The lowest BCUT2D eigenvalue weighted by Gasteiger charge is -2.06. The molecule has 0 saturated heterocycles. The first kappa shape index (κ1) is 24.3. The van der Waals surface area contributed by atoms with Gasteiger partial charge in [-0.3, -0.25) is 19.2 Å². The molecule has 8 nitrogen and oxygen atoms in total. The highest BCUT2D eigenvalue weighted by Crippen LogP contribution is 2.29. The van der Waals surface area contributed by atoms with E-state index < -0.39 is 23.9 Å². The molecule has 12 heteroatoms.